The molecule has 6 heteroatoms. The van der Waals surface area contributed by atoms with Crippen molar-refractivity contribution in [1.82, 2.24) is 15.6 Å². The monoisotopic (exact) mass is 238 g/mol. The van der Waals surface area contributed by atoms with Gasteiger partial charge in [0.15, 0.2) is 12.0 Å². The molecule has 1 atom stereocenters. The molecule has 0 aromatic carbocycles. The second-order valence-electron chi connectivity index (χ2n) is 3.59. The smallest absolute Gasteiger partial charge is 0.255 e. The molecule has 0 radical (unpaired) electrons. The Morgan fingerprint density at radius 1 is 1.62 bits per heavy atom. The third kappa shape index (κ3) is 2.21. The van der Waals surface area contributed by atoms with Crippen LogP contribution in [-0.4, -0.2) is 23.4 Å². The van der Waals surface area contributed by atoms with Gasteiger partial charge < -0.3 is 5.32 Å². The van der Waals surface area contributed by atoms with Crippen molar-refractivity contribution in [2.24, 2.45) is 4.99 Å². The number of carbonyl (C=O) groups excluding carboxylic acids is 1. The SMILES string of the molecule is CCCN=C1NC(=O)C(c2csc(C)n2)N1. The van der Waals surface area contributed by atoms with E-state index in [1.165, 1.54) is 0 Å². The van der Waals surface area contributed by atoms with Gasteiger partial charge in [0, 0.05) is 11.9 Å². The van der Waals surface area contributed by atoms with Crippen molar-refractivity contribution in [3.8, 4) is 0 Å². The average Bonchev–Trinajstić information content (AvgIpc) is 2.82. The van der Waals surface area contributed by atoms with Crippen LogP contribution in [0.25, 0.3) is 0 Å². The van der Waals surface area contributed by atoms with Crippen LogP contribution in [-0.2, 0) is 4.79 Å². The number of nitrogens with one attached hydrogen (secondary N) is 2. The molecule has 0 spiro atoms. The van der Waals surface area contributed by atoms with Crippen molar-refractivity contribution in [2.75, 3.05) is 6.54 Å². The predicted molar refractivity (Wildman–Crippen MR) is 63.5 cm³/mol. The molecule has 1 saturated heterocycles. The van der Waals surface area contributed by atoms with E-state index in [0.29, 0.717) is 12.5 Å². The Kier molecular flexibility index (Phi) is 3.19. The fraction of sp³-hybridized carbons (Fsp3) is 0.500. The summed E-state index contributed by atoms with van der Waals surface area (Å²) in [6.07, 6.45) is 0.960. The Morgan fingerprint density at radius 3 is 3.06 bits per heavy atom. The zero-order valence-corrected chi connectivity index (χ0v) is 10.1. The van der Waals surface area contributed by atoms with Crippen molar-refractivity contribution in [1.29, 1.82) is 0 Å². The van der Waals surface area contributed by atoms with E-state index >= 15 is 0 Å². The number of guanidine groups is 1. The first-order chi connectivity index (χ1) is 7.70. The predicted octanol–water partition coefficient (Wildman–Crippen LogP) is 0.978. The number of carbonyl (C=O) groups is 1. The highest BCUT2D eigenvalue weighted by Gasteiger charge is 2.31. The zero-order valence-electron chi connectivity index (χ0n) is 9.28. The van der Waals surface area contributed by atoms with Gasteiger partial charge in [-0.25, -0.2) is 4.98 Å². The summed E-state index contributed by atoms with van der Waals surface area (Å²) in [6, 6.07) is -0.388. The van der Waals surface area contributed by atoms with Crippen LogP contribution in [0.1, 0.15) is 30.1 Å². The van der Waals surface area contributed by atoms with Gasteiger partial charge >= 0.3 is 0 Å². The number of nitrogens with zero attached hydrogens (tertiary/aromatic N) is 2. The fourth-order valence-electron chi connectivity index (χ4n) is 1.46. The van der Waals surface area contributed by atoms with Gasteiger partial charge in [-0.15, -0.1) is 11.3 Å². The maximum absolute atomic E-state index is 11.7. The van der Waals surface area contributed by atoms with E-state index in [1.807, 2.05) is 19.2 Å². The van der Waals surface area contributed by atoms with Crippen molar-refractivity contribution in [2.45, 2.75) is 26.3 Å². The van der Waals surface area contributed by atoms with Gasteiger partial charge in [-0.2, -0.15) is 0 Å². The van der Waals surface area contributed by atoms with Gasteiger partial charge in [0.1, 0.15) is 0 Å². The molecule has 0 aliphatic carbocycles. The Hall–Kier alpha value is -1.43. The molecule has 0 bridgehead atoms. The summed E-state index contributed by atoms with van der Waals surface area (Å²) in [6.45, 7) is 4.68. The van der Waals surface area contributed by atoms with E-state index in [-0.39, 0.29) is 11.9 Å². The second kappa shape index (κ2) is 4.61. The van der Waals surface area contributed by atoms with Crippen LogP contribution in [0.5, 0.6) is 0 Å². The lowest BCUT2D eigenvalue weighted by atomic mass is 10.2. The van der Waals surface area contributed by atoms with E-state index in [0.717, 1.165) is 17.1 Å². The van der Waals surface area contributed by atoms with Crippen LogP contribution >= 0.6 is 11.3 Å². The molecule has 2 rings (SSSR count). The summed E-state index contributed by atoms with van der Waals surface area (Å²) in [5.74, 6) is 0.475. The normalized spacial score (nSPS) is 22.2. The molecule has 1 fully saturated rings. The Morgan fingerprint density at radius 2 is 2.44 bits per heavy atom. The topological polar surface area (TPSA) is 66.4 Å². The quantitative estimate of drug-likeness (QED) is 0.825. The molecule has 2 N–H and O–H groups in total. The molecule has 1 aliphatic rings. The minimum absolute atomic E-state index is 0.0832. The van der Waals surface area contributed by atoms with E-state index in [9.17, 15) is 4.79 Å². The van der Waals surface area contributed by atoms with Crippen LogP contribution in [0, 0.1) is 6.92 Å². The first kappa shape index (κ1) is 11.1. The molecule has 1 aromatic heterocycles. The minimum atomic E-state index is -0.388. The summed E-state index contributed by atoms with van der Waals surface area (Å²) in [5, 5.41) is 8.61. The van der Waals surface area contributed by atoms with E-state index < -0.39 is 0 Å². The van der Waals surface area contributed by atoms with Crippen LogP contribution in [0.4, 0.5) is 0 Å². The lowest BCUT2D eigenvalue weighted by Gasteiger charge is -2.02. The fourth-order valence-corrected chi connectivity index (χ4v) is 2.10. The molecule has 1 aromatic rings. The number of hydrogen-bond donors (Lipinski definition) is 2. The van der Waals surface area contributed by atoms with Crippen molar-refractivity contribution in [3.63, 3.8) is 0 Å². The molecule has 1 aliphatic heterocycles. The summed E-state index contributed by atoms with van der Waals surface area (Å²) < 4.78 is 0. The van der Waals surface area contributed by atoms with Crippen LogP contribution in [0.15, 0.2) is 10.4 Å². The third-order valence-corrected chi connectivity index (χ3v) is 3.00. The van der Waals surface area contributed by atoms with Gasteiger partial charge in [-0.3, -0.25) is 15.1 Å². The van der Waals surface area contributed by atoms with Crippen molar-refractivity contribution < 1.29 is 4.79 Å². The Bertz CT molecular complexity index is 426. The highest BCUT2D eigenvalue weighted by Crippen LogP contribution is 2.18. The lowest BCUT2D eigenvalue weighted by molar-refractivity contribution is -0.120. The van der Waals surface area contributed by atoms with E-state index in [4.69, 9.17) is 0 Å². The van der Waals surface area contributed by atoms with Crippen LogP contribution in [0.2, 0.25) is 0 Å². The summed E-state index contributed by atoms with van der Waals surface area (Å²) in [5.41, 5.74) is 0.765. The minimum Gasteiger partial charge on any atom is -0.339 e. The van der Waals surface area contributed by atoms with Crippen LogP contribution < -0.4 is 10.6 Å². The maximum atomic E-state index is 11.7. The van der Waals surface area contributed by atoms with Crippen molar-refractivity contribution >= 4 is 23.2 Å². The van der Waals surface area contributed by atoms with Crippen LogP contribution in [0.3, 0.4) is 0 Å². The van der Waals surface area contributed by atoms with Gasteiger partial charge in [-0.1, -0.05) is 6.92 Å². The molecule has 1 unspecified atom stereocenters. The maximum Gasteiger partial charge on any atom is 0.255 e. The van der Waals surface area contributed by atoms with E-state index in [2.05, 4.69) is 20.6 Å². The lowest BCUT2D eigenvalue weighted by Crippen LogP contribution is -2.25. The number of rotatable bonds is 3. The van der Waals surface area contributed by atoms with Gasteiger partial charge in [0.25, 0.3) is 5.91 Å². The molecule has 5 nitrogen and oxygen atoms in total. The number of aryl methyl sites for hydroxylation is 1. The zero-order chi connectivity index (χ0) is 11.5. The number of aromatic nitrogens is 1. The molecular formula is C10H14N4OS. The first-order valence-corrected chi connectivity index (χ1v) is 6.12. The Balaban J connectivity index is 2.11. The molecule has 86 valence electrons. The Labute approximate surface area is 98.0 Å². The highest BCUT2D eigenvalue weighted by molar-refractivity contribution is 7.09. The third-order valence-electron chi connectivity index (χ3n) is 2.21. The molecule has 2 heterocycles. The van der Waals surface area contributed by atoms with Gasteiger partial charge in [-0.05, 0) is 13.3 Å². The molecule has 1 amide bonds. The average molecular weight is 238 g/mol. The summed E-state index contributed by atoms with van der Waals surface area (Å²) in [4.78, 5) is 20.2. The number of amides is 1. The standard InChI is InChI=1S/C10H14N4OS/c1-3-4-11-10-13-8(9(15)14-10)7-5-16-6(2)12-7/h5,8H,3-4H2,1-2H3,(H2,11,13,14,15). The number of hydrogen-bond acceptors (Lipinski definition) is 4. The summed E-state index contributed by atoms with van der Waals surface area (Å²) in [7, 11) is 0. The van der Waals surface area contributed by atoms with E-state index in [1.54, 1.807) is 11.3 Å². The molecule has 16 heavy (non-hydrogen) atoms. The highest BCUT2D eigenvalue weighted by atomic mass is 32.1. The van der Waals surface area contributed by atoms with Gasteiger partial charge in [0.2, 0.25) is 0 Å². The van der Waals surface area contributed by atoms with Gasteiger partial charge in [0.05, 0.1) is 10.7 Å². The first-order valence-electron chi connectivity index (χ1n) is 5.24. The van der Waals surface area contributed by atoms with Crippen molar-refractivity contribution in [3.05, 3.63) is 16.1 Å². The molecular weight excluding hydrogens is 224 g/mol. The number of aliphatic imine (C=N–C) groups is 1. The molecule has 0 saturated carbocycles. The largest absolute Gasteiger partial charge is 0.339 e. The second-order valence-corrected chi connectivity index (χ2v) is 4.65. The number of thiazole rings is 1. The summed E-state index contributed by atoms with van der Waals surface area (Å²) >= 11 is 1.54.